The second-order valence-corrected chi connectivity index (χ2v) is 3.19. The Morgan fingerprint density at radius 3 is 2.75 bits per heavy atom. The van der Waals surface area contributed by atoms with Crippen LogP contribution in [0.25, 0.3) is 0 Å². The summed E-state index contributed by atoms with van der Waals surface area (Å²) in [7, 11) is 1.43. The van der Waals surface area contributed by atoms with Gasteiger partial charge in [-0.3, -0.25) is 0 Å². The Labute approximate surface area is 53.1 Å². The van der Waals surface area contributed by atoms with Crippen LogP contribution < -0.4 is 0 Å². The molecule has 0 aromatic heterocycles. The standard InChI is InChI=1S/C5H14O2Si/c1-3-4-8-7-5-6-2/h3-5,8H2,1-2H3. The van der Waals surface area contributed by atoms with Crippen LogP contribution in [0, 0.1) is 0 Å². The van der Waals surface area contributed by atoms with Crippen molar-refractivity contribution in [3.63, 3.8) is 0 Å². The molecule has 0 fully saturated rings. The number of hydrogen-bond acceptors (Lipinski definition) is 2. The summed E-state index contributed by atoms with van der Waals surface area (Å²) in [4.78, 5) is 0. The van der Waals surface area contributed by atoms with Crippen LogP contribution in [0.15, 0.2) is 0 Å². The molecular weight excluding hydrogens is 120 g/mol. The minimum Gasteiger partial charge on any atom is -0.402 e. The molecule has 0 aliphatic rings. The zero-order chi connectivity index (χ0) is 6.24. The van der Waals surface area contributed by atoms with Crippen LogP contribution in [-0.2, 0) is 9.16 Å². The molecule has 0 spiro atoms. The van der Waals surface area contributed by atoms with Gasteiger partial charge in [0.25, 0.3) is 0 Å². The maximum absolute atomic E-state index is 5.14. The fraction of sp³-hybridized carbons (Fsp3) is 1.00. The predicted molar refractivity (Wildman–Crippen MR) is 36.6 cm³/mol. The van der Waals surface area contributed by atoms with Gasteiger partial charge in [-0.25, -0.2) is 0 Å². The van der Waals surface area contributed by atoms with Crippen molar-refractivity contribution in [1.29, 1.82) is 0 Å². The Balaban J connectivity index is 2.53. The van der Waals surface area contributed by atoms with E-state index >= 15 is 0 Å². The average molecular weight is 134 g/mol. The maximum Gasteiger partial charge on any atom is 0.164 e. The molecule has 0 bridgehead atoms. The zero-order valence-electron chi connectivity index (χ0n) is 5.64. The molecule has 0 aromatic rings. The quantitative estimate of drug-likeness (QED) is 0.310. The topological polar surface area (TPSA) is 18.5 Å². The summed E-state index contributed by atoms with van der Waals surface area (Å²) in [5.41, 5.74) is 0. The van der Waals surface area contributed by atoms with E-state index in [4.69, 9.17) is 9.16 Å². The molecule has 3 heteroatoms. The van der Waals surface area contributed by atoms with Crippen LogP contribution in [0.2, 0.25) is 6.04 Å². The minimum absolute atomic E-state index is 0.225. The SMILES string of the molecule is CCC[SiH2]OCOC. The van der Waals surface area contributed by atoms with Gasteiger partial charge < -0.3 is 9.16 Å². The van der Waals surface area contributed by atoms with Crippen molar-refractivity contribution in [2.45, 2.75) is 19.4 Å². The Bertz CT molecular complexity index is 35.4. The molecule has 50 valence electrons. The fourth-order valence-corrected chi connectivity index (χ4v) is 1.17. The summed E-state index contributed by atoms with van der Waals surface area (Å²) in [6.45, 7) is 2.66. The highest BCUT2D eigenvalue weighted by molar-refractivity contribution is 6.26. The van der Waals surface area contributed by atoms with E-state index in [1.54, 1.807) is 7.11 Å². The molecule has 8 heavy (non-hydrogen) atoms. The van der Waals surface area contributed by atoms with E-state index in [1.165, 1.54) is 12.5 Å². The van der Waals surface area contributed by atoms with E-state index in [0.29, 0.717) is 6.79 Å². The lowest BCUT2D eigenvalue weighted by atomic mass is 10.6. The lowest BCUT2D eigenvalue weighted by Gasteiger charge is -1.98. The van der Waals surface area contributed by atoms with Gasteiger partial charge in [0, 0.05) is 7.11 Å². The molecule has 0 N–H and O–H groups in total. The number of methoxy groups -OCH3 is 1. The molecule has 2 nitrogen and oxygen atoms in total. The lowest BCUT2D eigenvalue weighted by Crippen LogP contribution is -2.00. The minimum atomic E-state index is -0.225. The fourth-order valence-electron chi connectivity index (χ4n) is 0.389. The van der Waals surface area contributed by atoms with Crippen molar-refractivity contribution in [1.82, 2.24) is 0 Å². The molecule has 0 aromatic carbocycles. The van der Waals surface area contributed by atoms with E-state index in [0.717, 1.165) is 0 Å². The molecule has 0 radical (unpaired) electrons. The van der Waals surface area contributed by atoms with Gasteiger partial charge in [-0.1, -0.05) is 13.3 Å². The van der Waals surface area contributed by atoms with Crippen molar-refractivity contribution in [2.24, 2.45) is 0 Å². The van der Waals surface area contributed by atoms with Crippen LogP contribution in [0.3, 0.4) is 0 Å². The van der Waals surface area contributed by atoms with E-state index in [-0.39, 0.29) is 9.76 Å². The molecule has 0 saturated carbocycles. The Kier molecular flexibility index (Phi) is 7.26. The number of rotatable bonds is 5. The van der Waals surface area contributed by atoms with Gasteiger partial charge in [-0.05, 0) is 6.04 Å². The Morgan fingerprint density at radius 1 is 1.50 bits per heavy atom. The van der Waals surface area contributed by atoms with Gasteiger partial charge in [0.15, 0.2) is 9.76 Å². The lowest BCUT2D eigenvalue weighted by molar-refractivity contribution is 0.0536. The maximum atomic E-state index is 5.14. The summed E-state index contributed by atoms with van der Waals surface area (Å²) in [5, 5.41) is 0. The smallest absolute Gasteiger partial charge is 0.164 e. The highest BCUT2D eigenvalue weighted by Crippen LogP contribution is 1.85. The molecule has 0 heterocycles. The van der Waals surface area contributed by atoms with E-state index < -0.39 is 0 Å². The summed E-state index contributed by atoms with van der Waals surface area (Å²) in [6.07, 6.45) is 1.25. The van der Waals surface area contributed by atoms with Crippen molar-refractivity contribution in [2.75, 3.05) is 13.9 Å². The second kappa shape index (κ2) is 7.14. The highest BCUT2D eigenvalue weighted by Gasteiger charge is 1.83. The second-order valence-electron chi connectivity index (χ2n) is 1.67. The molecular formula is C5H14O2Si. The van der Waals surface area contributed by atoms with Crippen LogP contribution in [0.1, 0.15) is 13.3 Å². The molecule has 0 rings (SSSR count). The van der Waals surface area contributed by atoms with Crippen LogP contribution in [0.4, 0.5) is 0 Å². The van der Waals surface area contributed by atoms with Crippen molar-refractivity contribution < 1.29 is 9.16 Å². The summed E-state index contributed by atoms with van der Waals surface area (Å²) in [5.74, 6) is 0. The first kappa shape index (κ1) is 8.14. The third-order valence-corrected chi connectivity index (χ3v) is 2.29. The van der Waals surface area contributed by atoms with Crippen molar-refractivity contribution in [3.8, 4) is 0 Å². The number of hydrogen-bond donors (Lipinski definition) is 0. The summed E-state index contributed by atoms with van der Waals surface area (Å²) >= 11 is 0. The normalized spacial score (nSPS) is 11.2. The van der Waals surface area contributed by atoms with Crippen LogP contribution in [-0.4, -0.2) is 23.7 Å². The first-order valence-corrected chi connectivity index (χ1v) is 4.56. The first-order chi connectivity index (χ1) is 3.91. The molecule has 0 aliphatic heterocycles. The van der Waals surface area contributed by atoms with Crippen LogP contribution >= 0.6 is 0 Å². The third-order valence-electron chi connectivity index (χ3n) is 0.843. The average Bonchev–Trinajstić information content (AvgIpc) is 1.81. The first-order valence-electron chi connectivity index (χ1n) is 2.98. The van der Waals surface area contributed by atoms with Crippen molar-refractivity contribution >= 4 is 9.76 Å². The van der Waals surface area contributed by atoms with E-state index in [1.807, 2.05) is 0 Å². The molecule has 0 saturated heterocycles. The van der Waals surface area contributed by atoms with Gasteiger partial charge in [-0.2, -0.15) is 0 Å². The van der Waals surface area contributed by atoms with Gasteiger partial charge >= 0.3 is 0 Å². The molecule has 0 aliphatic carbocycles. The predicted octanol–water partition coefficient (Wildman–Crippen LogP) is 0.519. The van der Waals surface area contributed by atoms with Gasteiger partial charge in [0.2, 0.25) is 0 Å². The Hall–Kier alpha value is 0.137. The zero-order valence-corrected chi connectivity index (χ0v) is 7.06. The van der Waals surface area contributed by atoms with Gasteiger partial charge in [0.05, 0.1) is 0 Å². The third kappa shape index (κ3) is 6.14. The van der Waals surface area contributed by atoms with Gasteiger partial charge in [-0.15, -0.1) is 0 Å². The largest absolute Gasteiger partial charge is 0.402 e. The summed E-state index contributed by atoms with van der Waals surface area (Å²) < 4.78 is 9.84. The molecule has 0 unspecified atom stereocenters. The van der Waals surface area contributed by atoms with Crippen molar-refractivity contribution in [3.05, 3.63) is 0 Å². The van der Waals surface area contributed by atoms with E-state index in [9.17, 15) is 0 Å². The summed E-state index contributed by atoms with van der Waals surface area (Å²) in [6, 6.07) is 1.27. The van der Waals surface area contributed by atoms with Gasteiger partial charge in [0.1, 0.15) is 6.79 Å². The highest BCUT2D eigenvalue weighted by atomic mass is 28.2. The Morgan fingerprint density at radius 2 is 2.25 bits per heavy atom. The molecule has 0 amide bonds. The van der Waals surface area contributed by atoms with E-state index in [2.05, 4.69) is 6.92 Å². The number of ether oxygens (including phenoxy) is 1. The molecule has 0 atom stereocenters. The monoisotopic (exact) mass is 134 g/mol. The van der Waals surface area contributed by atoms with Crippen LogP contribution in [0.5, 0.6) is 0 Å².